The van der Waals surface area contributed by atoms with Crippen molar-refractivity contribution in [3.63, 3.8) is 0 Å². The first-order valence-electron chi connectivity index (χ1n) is 5.11. The normalized spacial score (nSPS) is 10.0. The number of benzene rings is 1. The van der Waals surface area contributed by atoms with E-state index in [2.05, 4.69) is 20.7 Å². The van der Waals surface area contributed by atoms with E-state index in [-0.39, 0.29) is 23.1 Å². The molecule has 0 aliphatic carbocycles. The van der Waals surface area contributed by atoms with Crippen LogP contribution in [0.1, 0.15) is 22.8 Å². The Hall–Kier alpha value is -2.03. The maximum Gasteiger partial charge on any atom is 0.338 e. The maximum absolute atomic E-state index is 11.5. The minimum atomic E-state index is -0.838. The van der Waals surface area contributed by atoms with Crippen molar-refractivity contribution in [1.82, 2.24) is 0 Å². The second-order valence-corrected chi connectivity index (χ2v) is 3.92. The monoisotopic (exact) mass is 332 g/mol. The fraction of sp³-hybridized carbons (Fsp3) is 0.300. The third kappa shape index (κ3) is 3.25. The lowest BCUT2D eigenvalue weighted by molar-refractivity contribution is -0.395. The lowest BCUT2D eigenvalue weighted by Crippen LogP contribution is -2.08. The van der Waals surface area contributed by atoms with E-state index in [9.17, 15) is 25.0 Å². The lowest BCUT2D eigenvalue weighted by Gasteiger charge is -2.05. The molecule has 0 spiro atoms. The number of nitro groups is 2. The molecule has 0 heterocycles. The van der Waals surface area contributed by atoms with Gasteiger partial charge in [0.05, 0.1) is 22.0 Å². The predicted molar refractivity (Wildman–Crippen MR) is 68.3 cm³/mol. The van der Waals surface area contributed by atoms with Gasteiger partial charge >= 0.3 is 5.97 Å². The van der Waals surface area contributed by atoms with Crippen molar-refractivity contribution in [3.8, 4) is 0 Å². The van der Waals surface area contributed by atoms with E-state index in [1.54, 1.807) is 6.92 Å². The Morgan fingerprint density at radius 3 is 2.05 bits per heavy atom. The molecule has 0 aliphatic heterocycles. The first kappa shape index (κ1) is 15.0. The Labute approximate surface area is 115 Å². The number of ether oxygens (including phenoxy) is 1. The van der Waals surface area contributed by atoms with Crippen LogP contribution in [0, 0.1) is 20.2 Å². The van der Waals surface area contributed by atoms with Crippen LogP contribution in [0.4, 0.5) is 11.4 Å². The van der Waals surface area contributed by atoms with Crippen molar-refractivity contribution < 1.29 is 19.4 Å². The highest BCUT2D eigenvalue weighted by Gasteiger charge is 2.27. The fourth-order valence-corrected chi connectivity index (χ4v) is 2.01. The molecule has 0 aromatic heterocycles. The Bertz CT molecular complexity index is 510. The molecule has 0 aliphatic rings. The van der Waals surface area contributed by atoms with Gasteiger partial charge in [-0.25, -0.2) is 4.79 Å². The van der Waals surface area contributed by atoms with E-state index in [4.69, 9.17) is 0 Å². The third-order valence-electron chi connectivity index (χ3n) is 2.24. The van der Waals surface area contributed by atoms with Crippen molar-refractivity contribution >= 4 is 33.3 Å². The molecule has 9 heteroatoms. The molecule has 1 rings (SSSR count). The molecule has 0 fully saturated rings. The molecule has 0 amide bonds. The van der Waals surface area contributed by atoms with Gasteiger partial charge in [-0.1, -0.05) is 15.9 Å². The molecular formula is C10H9BrN2O6. The van der Waals surface area contributed by atoms with Crippen molar-refractivity contribution in [2.45, 2.75) is 12.3 Å². The Kier molecular flexibility index (Phi) is 4.93. The zero-order valence-electron chi connectivity index (χ0n) is 9.79. The molecule has 0 saturated heterocycles. The number of rotatable bonds is 5. The Morgan fingerprint density at radius 1 is 1.26 bits per heavy atom. The first-order valence-corrected chi connectivity index (χ1v) is 6.23. The highest BCUT2D eigenvalue weighted by molar-refractivity contribution is 9.08. The first-order chi connectivity index (χ1) is 8.92. The van der Waals surface area contributed by atoms with E-state index in [0.717, 1.165) is 12.1 Å². The summed E-state index contributed by atoms with van der Waals surface area (Å²) in [5.41, 5.74) is -1.30. The lowest BCUT2D eigenvalue weighted by atomic mass is 10.1. The number of hydrogen-bond acceptors (Lipinski definition) is 6. The molecule has 0 saturated carbocycles. The van der Waals surface area contributed by atoms with Crippen LogP contribution in [0.15, 0.2) is 12.1 Å². The molecule has 19 heavy (non-hydrogen) atoms. The topological polar surface area (TPSA) is 113 Å². The van der Waals surface area contributed by atoms with Gasteiger partial charge in [-0.15, -0.1) is 0 Å². The molecule has 0 atom stereocenters. The SMILES string of the molecule is CCOC(=O)c1cc([N+](=O)[O-])c(CBr)c([N+](=O)[O-])c1. The molecule has 0 N–H and O–H groups in total. The predicted octanol–water partition coefficient (Wildman–Crippen LogP) is 2.57. The number of nitro benzene ring substituents is 2. The summed E-state index contributed by atoms with van der Waals surface area (Å²) in [6, 6.07) is 1.95. The molecule has 0 bridgehead atoms. The standard InChI is InChI=1S/C10H9BrN2O6/c1-2-19-10(14)6-3-8(12(15)16)7(5-11)9(4-6)13(17)18/h3-4H,2,5H2,1H3. The zero-order valence-corrected chi connectivity index (χ0v) is 11.4. The summed E-state index contributed by atoms with van der Waals surface area (Å²) < 4.78 is 4.68. The average molecular weight is 333 g/mol. The van der Waals surface area contributed by atoms with Gasteiger partial charge in [-0.2, -0.15) is 0 Å². The fourth-order valence-electron chi connectivity index (χ4n) is 1.44. The average Bonchev–Trinajstić information content (AvgIpc) is 2.36. The molecule has 0 unspecified atom stereocenters. The maximum atomic E-state index is 11.5. The minimum Gasteiger partial charge on any atom is -0.462 e. The number of alkyl halides is 1. The number of carbonyl (C=O) groups is 1. The smallest absolute Gasteiger partial charge is 0.338 e. The second-order valence-electron chi connectivity index (χ2n) is 3.36. The van der Waals surface area contributed by atoms with E-state index in [0.29, 0.717) is 0 Å². The largest absolute Gasteiger partial charge is 0.462 e. The van der Waals surface area contributed by atoms with Gasteiger partial charge in [0.1, 0.15) is 5.56 Å². The van der Waals surface area contributed by atoms with Crippen LogP contribution in [0.5, 0.6) is 0 Å². The van der Waals surface area contributed by atoms with Crippen LogP contribution in [-0.4, -0.2) is 22.4 Å². The number of esters is 1. The summed E-state index contributed by atoms with van der Waals surface area (Å²) in [6.45, 7) is 1.63. The van der Waals surface area contributed by atoms with Crippen LogP contribution in [0.3, 0.4) is 0 Å². The van der Waals surface area contributed by atoms with Gasteiger partial charge in [-0.05, 0) is 6.92 Å². The Balaban J connectivity index is 3.49. The summed E-state index contributed by atoms with van der Waals surface area (Å²) in [6.07, 6.45) is 0. The van der Waals surface area contributed by atoms with Crippen LogP contribution >= 0.6 is 15.9 Å². The van der Waals surface area contributed by atoms with Crippen molar-refractivity contribution in [2.75, 3.05) is 6.61 Å². The van der Waals surface area contributed by atoms with Crippen molar-refractivity contribution in [2.24, 2.45) is 0 Å². The summed E-state index contributed by atoms with van der Waals surface area (Å²) in [4.78, 5) is 31.8. The van der Waals surface area contributed by atoms with Gasteiger partial charge in [0.2, 0.25) is 0 Å². The summed E-state index contributed by atoms with van der Waals surface area (Å²) >= 11 is 2.96. The zero-order chi connectivity index (χ0) is 14.6. The second kappa shape index (κ2) is 6.23. The third-order valence-corrected chi connectivity index (χ3v) is 2.80. The van der Waals surface area contributed by atoms with Gasteiger partial charge in [0.15, 0.2) is 0 Å². The summed E-state index contributed by atoms with van der Waals surface area (Å²) in [5.74, 6) is -0.838. The van der Waals surface area contributed by atoms with E-state index < -0.39 is 27.2 Å². The number of halogens is 1. The number of hydrogen-bond donors (Lipinski definition) is 0. The molecular weight excluding hydrogens is 324 g/mol. The number of nitrogens with zero attached hydrogens (tertiary/aromatic N) is 2. The molecule has 102 valence electrons. The van der Waals surface area contributed by atoms with Crippen LogP contribution < -0.4 is 0 Å². The molecule has 1 aromatic rings. The van der Waals surface area contributed by atoms with E-state index in [1.165, 1.54) is 0 Å². The van der Waals surface area contributed by atoms with E-state index >= 15 is 0 Å². The van der Waals surface area contributed by atoms with Crippen molar-refractivity contribution in [1.29, 1.82) is 0 Å². The number of carbonyl (C=O) groups excluding carboxylic acids is 1. The minimum absolute atomic E-state index is 0.0667. The molecule has 8 nitrogen and oxygen atoms in total. The van der Waals surface area contributed by atoms with Crippen molar-refractivity contribution in [3.05, 3.63) is 43.5 Å². The van der Waals surface area contributed by atoms with Gasteiger partial charge in [-0.3, -0.25) is 20.2 Å². The van der Waals surface area contributed by atoms with Gasteiger partial charge in [0, 0.05) is 17.5 Å². The van der Waals surface area contributed by atoms with Gasteiger partial charge < -0.3 is 4.74 Å². The van der Waals surface area contributed by atoms with E-state index in [1.807, 2.05) is 0 Å². The quantitative estimate of drug-likeness (QED) is 0.354. The summed E-state index contributed by atoms with van der Waals surface area (Å²) in [7, 11) is 0. The highest BCUT2D eigenvalue weighted by atomic mass is 79.9. The Morgan fingerprint density at radius 2 is 1.74 bits per heavy atom. The van der Waals surface area contributed by atoms with Crippen LogP contribution in [-0.2, 0) is 10.1 Å². The molecule has 0 radical (unpaired) electrons. The van der Waals surface area contributed by atoms with Crippen LogP contribution in [0.2, 0.25) is 0 Å². The van der Waals surface area contributed by atoms with Gasteiger partial charge in [0.25, 0.3) is 11.4 Å². The highest BCUT2D eigenvalue weighted by Crippen LogP contribution is 2.32. The summed E-state index contributed by atoms with van der Waals surface area (Å²) in [5, 5.41) is 21.7. The van der Waals surface area contributed by atoms with Crippen LogP contribution in [0.25, 0.3) is 0 Å². The molecule has 1 aromatic carbocycles.